The van der Waals surface area contributed by atoms with Crippen LogP contribution in [0.25, 0.3) is 11.1 Å². The van der Waals surface area contributed by atoms with Crippen LogP contribution in [0.4, 0.5) is 4.39 Å². The molecule has 76 valence electrons. The van der Waals surface area contributed by atoms with E-state index in [2.05, 4.69) is 0 Å². The summed E-state index contributed by atoms with van der Waals surface area (Å²) in [6.07, 6.45) is 1.32. The quantitative estimate of drug-likeness (QED) is 0.415. The van der Waals surface area contributed by atoms with E-state index in [1.165, 1.54) is 18.3 Å². The van der Waals surface area contributed by atoms with Crippen molar-refractivity contribution in [3.05, 3.63) is 58.8 Å². The predicted octanol–water partition coefficient (Wildman–Crippen LogP) is 2.78. The molecule has 4 heteroatoms. The van der Waals surface area contributed by atoms with Crippen LogP contribution in [0.1, 0.15) is 0 Å². The number of nitrogens with zero attached hydrogens (tertiary/aromatic N) is 1. The number of hydrogen-bond acceptors (Lipinski definition) is 1. The number of pyridine rings is 1. The maximum Gasteiger partial charge on any atom is 0.286 e. The van der Waals surface area contributed by atoms with E-state index < -0.39 is 0 Å². The number of aromatic nitrogens is 1. The fourth-order valence-corrected chi connectivity index (χ4v) is 1.46. The van der Waals surface area contributed by atoms with Crippen LogP contribution < -0.4 is 4.73 Å². The average molecular weight is 224 g/mol. The molecule has 0 saturated carbocycles. The Labute approximate surface area is 91.1 Å². The zero-order chi connectivity index (χ0) is 10.8. The molecule has 0 N–H and O–H groups in total. The molecule has 1 aromatic heterocycles. The molecule has 0 amide bonds. The van der Waals surface area contributed by atoms with Gasteiger partial charge in [-0.15, -0.1) is 0 Å². The molecular weight excluding hydrogens is 217 g/mol. The summed E-state index contributed by atoms with van der Waals surface area (Å²) in [4.78, 5) is 0. The largest absolute Gasteiger partial charge is 0.618 e. The van der Waals surface area contributed by atoms with Gasteiger partial charge < -0.3 is 5.21 Å². The highest BCUT2D eigenvalue weighted by atomic mass is 35.5. The zero-order valence-corrected chi connectivity index (χ0v) is 8.41. The van der Waals surface area contributed by atoms with Gasteiger partial charge in [0.1, 0.15) is 5.82 Å². The number of benzene rings is 1. The molecule has 0 aliphatic heterocycles. The highest BCUT2D eigenvalue weighted by Crippen LogP contribution is 2.20. The second-order valence-corrected chi connectivity index (χ2v) is 3.46. The summed E-state index contributed by atoms with van der Waals surface area (Å²) in [7, 11) is 0. The monoisotopic (exact) mass is 223 g/mol. The molecule has 2 nitrogen and oxygen atoms in total. The molecule has 0 unspecified atom stereocenters. The molecule has 0 fully saturated rings. The van der Waals surface area contributed by atoms with Gasteiger partial charge in [-0.3, -0.25) is 0 Å². The van der Waals surface area contributed by atoms with E-state index >= 15 is 0 Å². The predicted molar refractivity (Wildman–Crippen MR) is 55.8 cm³/mol. The molecule has 0 atom stereocenters. The minimum Gasteiger partial charge on any atom is -0.618 e. The lowest BCUT2D eigenvalue weighted by molar-refractivity contribution is -0.602. The molecule has 2 rings (SSSR count). The summed E-state index contributed by atoms with van der Waals surface area (Å²) in [5, 5.41) is 11.1. The van der Waals surface area contributed by atoms with Gasteiger partial charge in [0.2, 0.25) is 0 Å². The Morgan fingerprint density at radius 3 is 2.33 bits per heavy atom. The van der Waals surface area contributed by atoms with Crippen molar-refractivity contribution in [2.75, 3.05) is 0 Å². The van der Waals surface area contributed by atoms with E-state index in [0.717, 1.165) is 11.1 Å². The van der Waals surface area contributed by atoms with Gasteiger partial charge in [-0.1, -0.05) is 12.1 Å². The molecule has 0 aliphatic rings. The lowest BCUT2D eigenvalue weighted by Crippen LogP contribution is -2.26. The van der Waals surface area contributed by atoms with Crippen LogP contribution in [0, 0.1) is 11.0 Å². The summed E-state index contributed by atoms with van der Waals surface area (Å²) >= 11 is 5.67. The summed E-state index contributed by atoms with van der Waals surface area (Å²) in [5.41, 5.74) is 1.60. The Morgan fingerprint density at radius 2 is 1.73 bits per heavy atom. The first-order chi connectivity index (χ1) is 7.16. The molecule has 0 saturated heterocycles. The third-order valence-electron chi connectivity index (χ3n) is 2.05. The Bertz CT molecular complexity index is 484. The highest BCUT2D eigenvalue weighted by Gasteiger charge is 2.04. The van der Waals surface area contributed by atoms with E-state index in [4.69, 9.17) is 11.6 Å². The van der Waals surface area contributed by atoms with Crippen LogP contribution >= 0.6 is 11.6 Å². The molecule has 0 spiro atoms. The fourth-order valence-electron chi connectivity index (χ4n) is 1.28. The molecule has 15 heavy (non-hydrogen) atoms. The first-order valence-electron chi connectivity index (χ1n) is 4.31. The van der Waals surface area contributed by atoms with E-state index in [9.17, 15) is 9.60 Å². The summed E-state index contributed by atoms with van der Waals surface area (Å²) in [6, 6.07) is 9.17. The molecule has 0 radical (unpaired) electrons. The summed E-state index contributed by atoms with van der Waals surface area (Å²) < 4.78 is 13.2. The van der Waals surface area contributed by atoms with Crippen molar-refractivity contribution in [3.8, 4) is 11.1 Å². The zero-order valence-electron chi connectivity index (χ0n) is 7.65. The first-order valence-corrected chi connectivity index (χ1v) is 4.69. The number of rotatable bonds is 1. The standard InChI is InChI=1S/C11H7ClFNO/c12-11-7-9(5-6-14(11)15)8-1-3-10(13)4-2-8/h1-7H. The number of hydrogen-bond donors (Lipinski definition) is 0. The molecule has 1 aromatic carbocycles. The van der Waals surface area contributed by atoms with Crippen molar-refractivity contribution in [2.24, 2.45) is 0 Å². The van der Waals surface area contributed by atoms with Crippen LogP contribution in [-0.4, -0.2) is 0 Å². The Kier molecular flexibility index (Phi) is 2.56. The van der Waals surface area contributed by atoms with Crippen molar-refractivity contribution in [1.82, 2.24) is 0 Å². The first kappa shape index (κ1) is 9.93. The van der Waals surface area contributed by atoms with Gasteiger partial charge in [0.15, 0.2) is 6.20 Å². The van der Waals surface area contributed by atoms with Gasteiger partial charge in [-0.2, -0.15) is 4.73 Å². The van der Waals surface area contributed by atoms with Crippen LogP contribution in [0.15, 0.2) is 42.6 Å². The topological polar surface area (TPSA) is 26.9 Å². The highest BCUT2D eigenvalue weighted by molar-refractivity contribution is 6.28. The Hall–Kier alpha value is -1.61. The van der Waals surface area contributed by atoms with Gasteiger partial charge in [-0.25, -0.2) is 4.39 Å². The van der Waals surface area contributed by atoms with Crippen LogP contribution in [-0.2, 0) is 0 Å². The molecule has 2 aromatic rings. The van der Waals surface area contributed by atoms with Crippen LogP contribution in [0.2, 0.25) is 5.15 Å². The summed E-state index contributed by atoms with van der Waals surface area (Å²) in [6.45, 7) is 0. The minimum absolute atomic E-state index is 0.0943. The van der Waals surface area contributed by atoms with E-state index in [0.29, 0.717) is 4.73 Å². The maximum absolute atomic E-state index is 12.7. The second kappa shape index (κ2) is 3.87. The second-order valence-electron chi connectivity index (χ2n) is 3.07. The van der Waals surface area contributed by atoms with Crippen molar-refractivity contribution >= 4 is 11.6 Å². The third kappa shape index (κ3) is 2.07. The molecule has 1 heterocycles. The average Bonchev–Trinajstić information content (AvgIpc) is 2.23. The fraction of sp³-hybridized carbons (Fsp3) is 0. The maximum atomic E-state index is 12.7. The van der Waals surface area contributed by atoms with Gasteiger partial charge in [0.05, 0.1) is 0 Å². The van der Waals surface area contributed by atoms with Gasteiger partial charge >= 0.3 is 0 Å². The van der Waals surface area contributed by atoms with E-state index in [1.807, 2.05) is 0 Å². The Morgan fingerprint density at radius 1 is 1.07 bits per heavy atom. The van der Waals surface area contributed by atoms with Gasteiger partial charge in [0, 0.05) is 12.1 Å². The SMILES string of the molecule is [O-][n+]1ccc(-c2ccc(F)cc2)cc1Cl. The van der Waals surface area contributed by atoms with Crippen LogP contribution in [0.3, 0.4) is 0 Å². The van der Waals surface area contributed by atoms with Crippen molar-refractivity contribution in [1.29, 1.82) is 0 Å². The molecular formula is C11H7ClFNO. The number of halogens is 2. The Balaban J connectivity index is 2.45. The minimum atomic E-state index is -0.292. The summed E-state index contributed by atoms with van der Waals surface area (Å²) in [5.74, 6) is -0.292. The lowest BCUT2D eigenvalue weighted by Gasteiger charge is -2.02. The smallest absolute Gasteiger partial charge is 0.286 e. The van der Waals surface area contributed by atoms with Crippen LogP contribution in [0.5, 0.6) is 0 Å². The van der Waals surface area contributed by atoms with Crippen molar-refractivity contribution in [3.63, 3.8) is 0 Å². The van der Waals surface area contributed by atoms with E-state index in [1.54, 1.807) is 24.3 Å². The lowest BCUT2D eigenvalue weighted by atomic mass is 10.1. The van der Waals surface area contributed by atoms with E-state index in [-0.39, 0.29) is 11.0 Å². The van der Waals surface area contributed by atoms with Crippen molar-refractivity contribution < 1.29 is 9.12 Å². The van der Waals surface area contributed by atoms with Crippen molar-refractivity contribution in [2.45, 2.75) is 0 Å². The molecule has 0 bridgehead atoms. The van der Waals surface area contributed by atoms with Gasteiger partial charge in [-0.05, 0) is 34.9 Å². The molecule has 0 aliphatic carbocycles. The normalized spacial score (nSPS) is 10.3. The third-order valence-corrected chi connectivity index (χ3v) is 2.33. The van der Waals surface area contributed by atoms with Gasteiger partial charge in [0.25, 0.3) is 5.15 Å².